The first-order valence-corrected chi connectivity index (χ1v) is 7.13. The summed E-state index contributed by atoms with van der Waals surface area (Å²) in [6, 6.07) is 5.85. The van der Waals surface area contributed by atoms with Crippen molar-refractivity contribution in [2.75, 3.05) is 6.79 Å². The standard InChI is InChI=1S/C13H13IO4/c1-7(14)13-9(5-12(15)18-13)8-2-3-10-11(4-8)17-6-16-10/h2-4,7,9,13H,5-6H2,1H3/t7-,9+,13-/m0/s1. The first kappa shape index (κ1) is 12.1. The average Bonchev–Trinajstić information content (AvgIpc) is 2.93. The Morgan fingerprint density at radius 3 is 2.89 bits per heavy atom. The molecule has 2 aliphatic rings. The van der Waals surface area contributed by atoms with E-state index in [-0.39, 0.29) is 28.7 Å². The second-order valence-corrected chi connectivity index (χ2v) is 6.52. The summed E-state index contributed by atoms with van der Waals surface area (Å²) >= 11 is 2.30. The SMILES string of the molecule is C[C@H](I)[C@@H]1OC(=O)C[C@@H]1c1ccc2c(c1)OCO2. The van der Waals surface area contributed by atoms with E-state index >= 15 is 0 Å². The number of ether oxygens (including phenoxy) is 3. The zero-order chi connectivity index (χ0) is 12.7. The summed E-state index contributed by atoms with van der Waals surface area (Å²) in [4.78, 5) is 11.5. The van der Waals surface area contributed by atoms with Gasteiger partial charge in [0.2, 0.25) is 6.79 Å². The van der Waals surface area contributed by atoms with E-state index < -0.39 is 0 Å². The largest absolute Gasteiger partial charge is 0.461 e. The summed E-state index contributed by atoms with van der Waals surface area (Å²) in [7, 11) is 0. The number of fused-ring (bicyclic) bond motifs is 1. The first-order chi connectivity index (χ1) is 8.65. The third-order valence-corrected chi connectivity index (χ3v) is 4.04. The highest BCUT2D eigenvalue weighted by Crippen LogP contribution is 2.40. The lowest BCUT2D eigenvalue weighted by molar-refractivity contribution is -0.141. The molecule has 0 aromatic heterocycles. The van der Waals surface area contributed by atoms with E-state index in [1.54, 1.807) is 0 Å². The molecule has 0 unspecified atom stereocenters. The lowest BCUT2D eigenvalue weighted by atomic mass is 9.91. The van der Waals surface area contributed by atoms with Crippen LogP contribution in [-0.2, 0) is 9.53 Å². The summed E-state index contributed by atoms with van der Waals surface area (Å²) in [6.07, 6.45) is 0.385. The highest BCUT2D eigenvalue weighted by Gasteiger charge is 2.38. The van der Waals surface area contributed by atoms with Crippen LogP contribution in [0.15, 0.2) is 18.2 Å². The third kappa shape index (κ3) is 2.04. The van der Waals surface area contributed by atoms with Crippen LogP contribution in [0.3, 0.4) is 0 Å². The predicted octanol–water partition coefficient (Wildman–Crippen LogP) is 2.64. The van der Waals surface area contributed by atoms with Crippen LogP contribution in [-0.4, -0.2) is 22.8 Å². The van der Waals surface area contributed by atoms with Crippen LogP contribution < -0.4 is 9.47 Å². The Kier molecular flexibility index (Phi) is 3.09. The Bertz CT molecular complexity index is 486. The van der Waals surface area contributed by atoms with E-state index in [1.165, 1.54) is 0 Å². The minimum Gasteiger partial charge on any atom is -0.461 e. The maximum absolute atomic E-state index is 11.5. The molecule has 1 saturated heterocycles. The number of esters is 1. The Morgan fingerprint density at radius 2 is 2.11 bits per heavy atom. The minimum absolute atomic E-state index is 0.0570. The Hall–Kier alpha value is -0.980. The lowest BCUT2D eigenvalue weighted by Crippen LogP contribution is -2.23. The van der Waals surface area contributed by atoms with Gasteiger partial charge in [0.15, 0.2) is 11.5 Å². The fraction of sp³-hybridized carbons (Fsp3) is 0.462. The number of cyclic esters (lactones) is 1. The number of alkyl halides is 1. The molecular weight excluding hydrogens is 347 g/mol. The van der Waals surface area contributed by atoms with Gasteiger partial charge in [0, 0.05) is 9.84 Å². The van der Waals surface area contributed by atoms with Crippen LogP contribution in [0.5, 0.6) is 11.5 Å². The van der Waals surface area contributed by atoms with E-state index in [1.807, 2.05) is 18.2 Å². The summed E-state index contributed by atoms with van der Waals surface area (Å²) in [5, 5.41) is 0. The van der Waals surface area contributed by atoms with Crippen LogP contribution >= 0.6 is 22.6 Å². The maximum atomic E-state index is 11.5. The Balaban J connectivity index is 1.91. The van der Waals surface area contributed by atoms with Gasteiger partial charge in [0.05, 0.1) is 6.42 Å². The molecule has 1 aromatic carbocycles. The van der Waals surface area contributed by atoms with Crippen molar-refractivity contribution in [3.8, 4) is 11.5 Å². The van der Waals surface area contributed by atoms with Crippen LogP contribution in [0.2, 0.25) is 0 Å². The van der Waals surface area contributed by atoms with Gasteiger partial charge in [0.25, 0.3) is 0 Å². The first-order valence-electron chi connectivity index (χ1n) is 5.88. The number of halogens is 1. The van der Waals surface area contributed by atoms with Gasteiger partial charge >= 0.3 is 5.97 Å². The highest BCUT2D eigenvalue weighted by molar-refractivity contribution is 14.1. The zero-order valence-electron chi connectivity index (χ0n) is 9.89. The van der Waals surface area contributed by atoms with E-state index in [0.29, 0.717) is 6.42 Å². The van der Waals surface area contributed by atoms with Gasteiger partial charge < -0.3 is 14.2 Å². The quantitative estimate of drug-likeness (QED) is 0.462. The summed E-state index contributed by atoms with van der Waals surface area (Å²) in [5.41, 5.74) is 1.08. The van der Waals surface area contributed by atoms with Crippen molar-refractivity contribution in [1.29, 1.82) is 0 Å². The Labute approximate surface area is 119 Å². The normalized spacial score (nSPS) is 27.1. The van der Waals surface area contributed by atoms with Crippen molar-refractivity contribution in [3.63, 3.8) is 0 Å². The Morgan fingerprint density at radius 1 is 1.33 bits per heavy atom. The summed E-state index contributed by atoms with van der Waals surface area (Å²) < 4.78 is 16.3. The molecule has 0 aliphatic carbocycles. The molecule has 2 heterocycles. The minimum atomic E-state index is -0.119. The molecule has 1 fully saturated rings. The van der Waals surface area contributed by atoms with Crippen molar-refractivity contribution >= 4 is 28.6 Å². The molecular formula is C13H13IO4. The molecule has 0 amide bonds. The number of carbonyl (C=O) groups is 1. The van der Waals surface area contributed by atoms with Crippen LogP contribution in [0.4, 0.5) is 0 Å². The van der Waals surface area contributed by atoms with Crippen LogP contribution in [0, 0.1) is 0 Å². The van der Waals surface area contributed by atoms with E-state index in [0.717, 1.165) is 17.1 Å². The van der Waals surface area contributed by atoms with Gasteiger partial charge in [-0.2, -0.15) is 0 Å². The third-order valence-electron chi connectivity index (χ3n) is 3.33. The van der Waals surface area contributed by atoms with Crippen molar-refractivity contribution in [2.45, 2.75) is 29.3 Å². The zero-order valence-corrected chi connectivity index (χ0v) is 12.0. The molecule has 1 aromatic rings. The van der Waals surface area contributed by atoms with Crippen LogP contribution in [0.25, 0.3) is 0 Å². The maximum Gasteiger partial charge on any atom is 0.306 e. The highest BCUT2D eigenvalue weighted by atomic mass is 127. The van der Waals surface area contributed by atoms with E-state index in [2.05, 4.69) is 29.5 Å². The molecule has 18 heavy (non-hydrogen) atoms. The van der Waals surface area contributed by atoms with Gasteiger partial charge in [0.1, 0.15) is 6.10 Å². The molecule has 0 N–H and O–H groups in total. The number of benzene rings is 1. The van der Waals surface area contributed by atoms with Crippen molar-refractivity contribution < 1.29 is 19.0 Å². The molecule has 4 nitrogen and oxygen atoms in total. The predicted molar refractivity (Wildman–Crippen MR) is 73.3 cm³/mol. The van der Waals surface area contributed by atoms with Gasteiger partial charge in [-0.25, -0.2) is 0 Å². The second kappa shape index (κ2) is 4.60. The fourth-order valence-corrected chi connectivity index (χ4v) is 3.09. The molecule has 0 spiro atoms. The van der Waals surface area contributed by atoms with Gasteiger partial charge in [-0.05, 0) is 24.6 Å². The molecule has 3 atom stereocenters. The smallest absolute Gasteiger partial charge is 0.306 e. The molecule has 0 radical (unpaired) electrons. The number of carbonyl (C=O) groups excluding carboxylic acids is 1. The number of rotatable bonds is 2. The van der Waals surface area contributed by atoms with Crippen molar-refractivity contribution in [1.82, 2.24) is 0 Å². The molecule has 0 bridgehead atoms. The fourth-order valence-electron chi connectivity index (χ4n) is 2.44. The van der Waals surface area contributed by atoms with Gasteiger partial charge in [-0.1, -0.05) is 28.7 Å². The molecule has 5 heteroatoms. The molecule has 96 valence electrons. The molecule has 0 saturated carbocycles. The summed E-state index contributed by atoms with van der Waals surface area (Å²) in [6.45, 7) is 2.33. The average molecular weight is 360 g/mol. The van der Waals surface area contributed by atoms with Crippen molar-refractivity contribution in [2.24, 2.45) is 0 Å². The molecule has 3 rings (SSSR count). The topological polar surface area (TPSA) is 44.8 Å². The lowest BCUT2D eigenvalue weighted by Gasteiger charge is -2.20. The van der Waals surface area contributed by atoms with E-state index in [4.69, 9.17) is 14.2 Å². The van der Waals surface area contributed by atoms with Gasteiger partial charge in [-0.3, -0.25) is 4.79 Å². The number of hydrogen-bond donors (Lipinski definition) is 0. The second-order valence-electron chi connectivity index (χ2n) is 4.56. The van der Waals surface area contributed by atoms with Crippen LogP contribution in [0.1, 0.15) is 24.8 Å². The van der Waals surface area contributed by atoms with Gasteiger partial charge in [-0.15, -0.1) is 0 Å². The van der Waals surface area contributed by atoms with Crippen molar-refractivity contribution in [3.05, 3.63) is 23.8 Å². The monoisotopic (exact) mass is 360 g/mol. The number of hydrogen-bond acceptors (Lipinski definition) is 4. The molecule has 2 aliphatic heterocycles. The summed E-state index contributed by atoms with van der Waals surface area (Å²) in [5.74, 6) is 1.51. The van der Waals surface area contributed by atoms with E-state index in [9.17, 15) is 4.79 Å².